The van der Waals surface area contributed by atoms with Gasteiger partial charge in [0.25, 0.3) is 0 Å². The van der Waals surface area contributed by atoms with E-state index in [1.54, 1.807) is 6.20 Å². The third-order valence-electron chi connectivity index (χ3n) is 2.92. The number of halogens is 1. The first-order valence-corrected chi connectivity index (χ1v) is 4.97. The summed E-state index contributed by atoms with van der Waals surface area (Å²) in [5.41, 5.74) is 1.20. The highest BCUT2D eigenvalue weighted by Gasteiger charge is 2.30. The molecule has 1 fully saturated rings. The highest BCUT2D eigenvalue weighted by molar-refractivity contribution is 5.15. The number of rotatable bonds is 2. The van der Waals surface area contributed by atoms with Gasteiger partial charge in [0.15, 0.2) is 0 Å². The molecule has 2 atom stereocenters. The molecule has 0 saturated carbocycles. The first-order valence-electron chi connectivity index (χ1n) is 4.97. The van der Waals surface area contributed by atoms with Crippen LogP contribution in [0.25, 0.3) is 0 Å². The first-order chi connectivity index (χ1) is 6.81. The Bertz CT molecular complexity index is 289. The lowest BCUT2D eigenvalue weighted by Gasteiger charge is -2.18. The van der Waals surface area contributed by atoms with E-state index >= 15 is 0 Å². The van der Waals surface area contributed by atoms with E-state index in [2.05, 4.69) is 16.0 Å². The van der Waals surface area contributed by atoms with E-state index in [-0.39, 0.29) is 12.6 Å². The van der Waals surface area contributed by atoms with Crippen LogP contribution in [0.1, 0.15) is 18.0 Å². The Morgan fingerprint density at radius 2 is 2.50 bits per heavy atom. The maximum atomic E-state index is 12.5. The Kier molecular flexibility index (Phi) is 2.77. The van der Waals surface area contributed by atoms with Gasteiger partial charge in [-0.05, 0) is 25.1 Å². The Labute approximate surface area is 83.8 Å². The Morgan fingerprint density at radius 3 is 3.07 bits per heavy atom. The summed E-state index contributed by atoms with van der Waals surface area (Å²) in [6.07, 6.45) is 4.56. The van der Waals surface area contributed by atoms with Crippen LogP contribution in [0.2, 0.25) is 0 Å². The van der Waals surface area contributed by atoms with Crippen LogP contribution in [0, 0.1) is 5.92 Å². The summed E-state index contributed by atoms with van der Waals surface area (Å²) in [5.74, 6) is 0.199. The third-order valence-corrected chi connectivity index (χ3v) is 2.92. The van der Waals surface area contributed by atoms with E-state index in [1.165, 1.54) is 5.56 Å². The van der Waals surface area contributed by atoms with Gasteiger partial charge < -0.3 is 0 Å². The molecule has 1 aliphatic rings. The van der Waals surface area contributed by atoms with Crippen LogP contribution in [0.5, 0.6) is 0 Å². The third kappa shape index (κ3) is 1.77. The molecule has 0 radical (unpaired) electrons. The monoisotopic (exact) mass is 194 g/mol. The topological polar surface area (TPSA) is 16.1 Å². The first kappa shape index (κ1) is 9.59. The molecule has 0 bridgehead atoms. The molecule has 1 saturated heterocycles. The molecule has 3 heteroatoms. The lowest BCUT2D eigenvalue weighted by Crippen LogP contribution is -2.18. The van der Waals surface area contributed by atoms with Crippen molar-refractivity contribution in [2.45, 2.75) is 12.5 Å². The van der Waals surface area contributed by atoms with E-state index in [4.69, 9.17) is 0 Å². The zero-order valence-electron chi connectivity index (χ0n) is 8.36. The van der Waals surface area contributed by atoms with Crippen molar-refractivity contribution in [3.63, 3.8) is 0 Å². The highest BCUT2D eigenvalue weighted by atomic mass is 19.1. The predicted octanol–water partition coefficient (Wildman–Crippen LogP) is 2.04. The molecular weight excluding hydrogens is 179 g/mol. The zero-order chi connectivity index (χ0) is 9.97. The van der Waals surface area contributed by atoms with Crippen molar-refractivity contribution in [3.05, 3.63) is 30.1 Å². The summed E-state index contributed by atoms with van der Waals surface area (Å²) >= 11 is 0. The van der Waals surface area contributed by atoms with Gasteiger partial charge in [-0.15, -0.1) is 0 Å². The molecule has 0 spiro atoms. The Hall–Kier alpha value is -0.960. The Morgan fingerprint density at radius 1 is 1.64 bits per heavy atom. The summed E-state index contributed by atoms with van der Waals surface area (Å²) in [6, 6.07) is 4.35. The van der Waals surface area contributed by atoms with Crippen molar-refractivity contribution < 1.29 is 4.39 Å². The number of hydrogen-bond donors (Lipinski definition) is 0. The van der Waals surface area contributed by atoms with Crippen LogP contribution < -0.4 is 0 Å². The van der Waals surface area contributed by atoms with Crippen LogP contribution in [0.4, 0.5) is 4.39 Å². The minimum Gasteiger partial charge on any atom is -0.299 e. The molecule has 2 nitrogen and oxygen atoms in total. The van der Waals surface area contributed by atoms with Gasteiger partial charge in [-0.1, -0.05) is 6.07 Å². The fourth-order valence-corrected chi connectivity index (χ4v) is 2.18. The molecule has 76 valence electrons. The maximum Gasteiger partial charge on any atom is 0.0935 e. The smallest absolute Gasteiger partial charge is 0.0935 e. The minimum atomic E-state index is -0.207. The van der Waals surface area contributed by atoms with E-state index < -0.39 is 0 Å². The number of hydrogen-bond acceptors (Lipinski definition) is 2. The number of nitrogens with zero attached hydrogens (tertiary/aromatic N) is 2. The molecule has 2 rings (SSSR count). The molecule has 0 amide bonds. The highest BCUT2D eigenvalue weighted by Crippen LogP contribution is 2.33. The summed E-state index contributed by atoms with van der Waals surface area (Å²) in [6.45, 7) is 0.650. The molecule has 1 unspecified atom stereocenters. The molecule has 2 heterocycles. The van der Waals surface area contributed by atoms with Crippen molar-refractivity contribution in [2.24, 2.45) is 5.92 Å². The molecule has 0 N–H and O–H groups in total. The van der Waals surface area contributed by atoms with Crippen molar-refractivity contribution >= 4 is 0 Å². The second kappa shape index (κ2) is 4.05. The zero-order valence-corrected chi connectivity index (χ0v) is 8.36. The molecule has 1 aliphatic heterocycles. The van der Waals surface area contributed by atoms with Gasteiger partial charge in [0.1, 0.15) is 0 Å². The van der Waals surface area contributed by atoms with Crippen LogP contribution in [-0.4, -0.2) is 30.2 Å². The molecule has 1 aromatic rings. The number of likely N-dealkylation sites (tertiary alicyclic amines) is 1. The van der Waals surface area contributed by atoms with Crippen LogP contribution >= 0.6 is 0 Å². The van der Waals surface area contributed by atoms with Crippen molar-refractivity contribution in [1.29, 1.82) is 0 Å². The lowest BCUT2D eigenvalue weighted by molar-refractivity contribution is 0.305. The van der Waals surface area contributed by atoms with Gasteiger partial charge in [-0.3, -0.25) is 14.3 Å². The van der Waals surface area contributed by atoms with Crippen molar-refractivity contribution in [1.82, 2.24) is 9.88 Å². The van der Waals surface area contributed by atoms with Gasteiger partial charge in [-0.2, -0.15) is 0 Å². The summed E-state index contributed by atoms with van der Waals surface area (Å²) < 4.78 is 12.5. The summed E-state index contributed by atoms with van der Waals surface area (Å²) in [4.78, 5) is 6.30. The van der Waals surface area contributed by atoms with Crippen LogP contribution in [0.3, 0.4) is 0 Å². The van der Waals surface area contributed by atoms with Gasteiger partial charge in [0, 0.05) is 30.9 Å². The van der Waals surface area contributed by atoms with Gasteiger partial charge in [0.2, 0.25) is 0 Å². The Balaban J connectivity index is 2.13. The number of pyridine rings is 1. The standard InChI is InChI=1S/C11H15FN2/c1-14-8-9(6-12)5-11(14)10-3-2-4-13-7-10/h2-4,7,9,11H,5-6,8H2,1H3/t9?,11-/m0/s1. The van der Waals surface area contributed by atoms with E-state index in [0.29, 0.717) is 6.04 Å². The normalized spacial score (nSPS) is 28.1. The number of alkyl halides is 1. The molecule has 1 aromatic heterocycles. The largest absolute Gasteiger partial charge is 0.299 e. The van der Waals surface area contributed by atoms with E-state index in [0.717, 1.165) is 13.0 Å². The van der Waals surface area contributed by atoms with Crippen LogP contribution in [-0.2, 0) is 0 Å². The summed E-state index contributed by atoms with van der Waals surface area (Å²) in [7, 11) is 2.05. The van der Waals surface area contributed by atoms with Crippen molar-refractivity contribution in [3.8, 4) is 0 Å². The van der Waals surface area contributed by atoms with Crippen LogP contribution in [0.15, 0.2) is 24.5 Å². The fourth-order valence-electron chi connectivity index (χ4n) is 2.18. The minimum absolute atomic E-state index is 0.199. The van der Waals surface area contributed by atoms with Crippen molar-refractivity contribution in [2.75, 3.05) is 20.3 Å². The SMILES string of the molecule is CN1CC(CF)C[C@H]1c1cccnc1. The summed E-state index contributed by atoms with van der Waals surface area (Å²) in [5, 5.41) is 0. The maximum absolute atomic E-state index is 12.5. The fraction of sp³-hybridized carbons (Fsp3) is 0.545. The van der Waals surface area contributed by atoms with Gasteiger partial charge >= 0.3 is 0 Å². The molecule has 0 aliphatic carbocycles. The average Bonchev–Trinajstić information content (AvgIpc) is 2.61. The molecule has 0 aromatic carbocycles. The van der Waals surface area contributed by atoms with Gasteiger partial charge in [0.05, 0.1) is 6.67 Å². The number of aromatic nitrogens is 1. The molecule has 14 heavy (non-hydrogen) atoms. The predicted molar refractivity (Wildman–Crippen MR) is 53.7 cm³/mol. The molecular formula is C11H15FN2. The quantitative estimate of drug-likeness (QED) is 0.716. The average molecular weight is 194 g/mol. The van der Waals surface area contributed by atoms with Gasteiger partial charge in [-0.25, -0.2) is 0 Å². The second-order valence-electron chi connectivity index (χ2n) is 4.00. The van der Waals surface area contributed by atoms with E-state index in [1.807, 2.05) is 19.3 Å². The second-order valence-corrected chi connectivity index (χ2v) is 4.00. The van der Waals surface area contributed by atoms with E-state index in [9.17, 15) is 4.39 Å². The lowest BCUT2D eigenvalue weighted by atomic mass is 10.0.